The number of carbonyl (C=O) groups is 2. The summed E-state index contributed by atoms with van der Waals surface area (Å²) in [5.74, 6) is -0.160. The lowest BCUT2D eigenvalue weighted by atomic mass is 9.64. The summed E-state index contributed by atoms with van der Waals surface area (Å²) in [5, 5.41) is 3.16. The number of amides is 2. The molecule has 1 aromatic rings. The highest BCUT2D eigenvalue weighted by Crippen LogP contribution is 2.50. The summed E-state index contributed by atoms with van der Waals surface area (Å²) in [6.07, 6.45) is 6.79. The maximum atomic E-state index is 13.6. The van der Waals surface area contributed by atoms with Gasteiger partial charge in [-0.15, -0.1) is 0 Å². The van der Waals surface area contributed by atoms with Crippen LogP contribution in [0, 0.1) is 0 Å². The van der Waals surface area contributed by atoms with Crippen LogP contribution in [0.15, 0.2) is 24.3 Å². The summed E-state index contributed by atoms with van der Waals surface area (Å²) in [4.78, 5) is 29.2. The Kier molecular flexibility index (Phi) is 7.33. The van der Waals surface area contributed by atoms with E-state index in [1.54, 1.807) is 0 Å². The SMILES string of the molecule is CCOCCCNC(=O)[C@H]1c2ccccc2C(=O)N([C@H](C)CC)C12CCCCC2. The van der Waals surface area contributed by atoms with Crippen molar-refractivity contribution in [2.45, 2.75) is 83.2 Å². The lowest BCUT2D eigenvalue weighted by Crippen LogP contribution is -2.64. The van der Waals surface area contributed by atoms with Crippen LogP contribution in [-0.4, -0.2) is 48.1 Å². The molecule has 5 heteroatoms. The van der Waals surface area contributed by atoms with E-state index in [0.717, 1.165) is 44.1 Å². The van der Waals surface area contributed by atoms with Gasteiger partial charge in [-0.3, -0.25) is 9.59 Å². The molecule has 1 aromatic carbocycles. The molecule has 1 aliphatic carbocycles. The third-order valence-electron chi connectivity index (χ3n) is 6.72. The molecule has 29 heavy (non-hydrogen) atoms. The van der Waals surface area contributed by atoms with Gasteiger partial charge in [-0.2, -0.15) is 0 Å². The summed E-state index contributed by atoms with van der Waals surface area (Å²) in [7, 11) is 0. The summed E-state index contributed by atoms with van der Waals surface area (Å²) in [6.45, 7) is 8.17. The second-order valence-electron chi connectivity index (χ2n) is 8.46. The van der Waals surface area contributed by atoms with Gasteiger partial charge in [0.25, 0.3) is 5.91 Å². The van der Waals surface area contributed by atoms with Crippen molar-refractivity contribution in [3.63, 3.8) is 0 Å². The number of carbonyl (C=O) groups excluding carboxylic acids is 2. The predicted octanol–water partition coefficient (Wildman–Crippen LogP) is 4.27. The van der Waals surface area contributed by atoms with Crippen LogP contribution in [0.1, 0.15) is 87.6 Å². The quantitative estimate of drug-likeness (QED) is 0.663. The minimum absolute atomic E-state index is 0.0525. The lowest BCUT2D eigenvalue weighted by Gasteiger charge is -2.55. The van der Waals surface area contributed by atoms with Crippen LogP contribution in [0.4, 0.5) is 0 Å². The van der Waals surface area contributed by atoms with Crippen LogP contribution in [0.25, 0.3) is 0 Å². The number of hydrogen-bond donors (Lipinski definition) is 1. The number of fused-ring (bicyclic) bond motifs is 1. The standard InChI is InChI=1S/C24H36N2O3/c1-4-18(3)26-23(28)20-13-8-7-12-19(20)21(24(26)14-9-6-10-15-24)22(27)25-16-11-17-29-5-2/h7-8,12-13,18,21H,4-6,9-11,14-17H2,1-3H3,(H,25,27)/t18-,21-/m1/s1. The predicted molar refractivity (Wildman–Crippen MR) is 115 cm³/mol. The van der Waals surface area contributed by atoms with E-state index in [-0.39, 0.29) is 23.8 Å². The molecule has 1 fully saturated rings. The first-order valence-electron chi connectivity index (χ1n) is 11.3. The van der Waals surface area contributed by atoms with Crippen molar-refractivity contribution in [1.29, 1.82) is 0 Å². The topological polar surface area (TPSA) is 58.6 Å². The molecular weight excluding hydrogens is 364 g/mol. The number of hydrogen-bond acceptors (Lipinski definition) is 3. The van der Waals surface area contributed by atoms with Crippen molar-refractivity contribution in [3.8, 4) is 0 Å². The molecule has 0 unspecified atom stereocenters. The van der Waals surface area contributed by atoms with E-state index in [4.69, 9.17) is 4.74 Å². The molecule has 5 nitrogen and oxygen atoms in total. The van der Waals surface area contributed by atoms with E-state index in [9.17, 15) is 9.59 Å². The molecule has 160 valence electrons. The number of nitrogens with zero attached hydrogens (tertiary/aromatic N) is 1. The maximum absolute atomic E-state index is 13.6. The first-order chi connectivity index (χ1) is 14.1. The minimum atomic E-state index is -0.414. The van der Waals surface area contributed by atoms with E-state index in [0.29, 0.717) is 25.3 Å². The third kappa shape index (κ3) is 4.20. The summed E-state index contributed by atoms with van der Waals surface area (Å²) < 4.78 is 5.40. The van der Waals surface area contributed by atoms with Crippen LogP contribution in [0.5, 0.6) is 0 Å². The Labute approximate surface area is 175 Å². The molecule has 0 radical (unpaired) electrons. The number of ether oxygens (including phenoxy) is 1. The molecule has 1 aliphatic heterocycles. The van der Waals surface area contributed by atoms with Crippen LogP contribution >= 0.6 is 0 Å². The molecule has 2 aliphatic rings. The molecule has 1 saturated carbocycles. The Hall–Kier alpha value is -1.88. The molecule has 0 aromatic heterocycles. The highest BCUT2D eigenvalue weighted by atomic mass is 16.5. The van der Waals surface area contributed by atoms with E-state index < -0.39 is 5.54 Å². The second kappa shape index (κ2) is 9.75. The van der Waals surface area contributed by atoms with E-state index in [2.05, 4.69) is 24.1 Å². The van der Waals surface area contributed by atoms with Gasteiger partial charge in [-0.1, -0.05) is 44.4 Å². The van der Waals surface area contributed by atoms with E-state index >= 15 is 0 Å². The van der Waals surface area contributed by atoms with Gasteiger partial charge in [0.2, 0.25) is 5.91 Å². The first-order valence-corrected chi connectivity index (χ1v) is 11.3. The zero-order chi connectivity index (χ0) is 20.9. The Morgan fingerprint density at radius 2 is 1.97 bits per heavy atom. The number of benzene rings is 1. The van der Waals surface area contributed by atoms with Crippen LogP contribution in [-0.2, 0) is 9.53 Å². The molecule has 3 rings (SSSR count). The Morgan fingerprint density at radius 1 is 1.24 bits per heavy atom. The van der Waals surface area contributed by atoms with Gasteiger partial charge in [-0.05, 0) is 51.2 Å². The molecule has 2 amide bonds. The van der Waals surface area contributed by atoms with Gasteiger partial charge in [-0.25, -0.2) is 0 Å². The Balaban J connectivity index is 1.98. The third-order valence-corrected chi connectivity index (χ3v) is 6.72. The molecule has 2 atom stereocenters. The fraction of sp³-hybridized carbons (Fsp3) is 0.667. The average molecular weight is 401 g/mol. The number of rotatable bonds is 8. The Bertz CT molecular complexity index is 712. The van der Waals surface area contributed by atoms with Crippen molar-refractivity contribution < 1.29 is 14.3 Å². The van der Waals surface area contributed by atoms with E-state index in [1.165, 1.54) is 6.42 Å². The molecule has 0 bridgehead atoms. The van der Waals surface area contributed by atoms with Gasteiger partial charge < -0.3 is 15.0 Å². The van der Waals surface area contributed by atoms with Gasteiger partial charge in [0, 0.05) is 31.4 Å². The monoisotopic (exact) mass is 400 g/mol. The van der Waals surface area contributed by atoms with Gasteiger partial charge in [0.1, 0.15) is 0 Å². The average Bonchev–Trinajstić information content (AvgIpc) is 2.74. The summed E-state index contributed by atoms with van der Waals surface area (Å²) >= 11 is 0. The van der Waals surface area contributed by atoms with E-state index in [1.807, 2.05) is 31.2 Å². The highest BCUT2D eigenvalue weighted by Gasteiger charge is 2.55. The van der Waals surface area contributed by atoms with Crippen molar-refractivity contribution in [3.05, 3.63) is 35.4 Å². The minimum Gasteiger partial charge on any atom is -0.382 e. The lowest BCUT2D eigenvalue weighted by molar-refractivity contribution is -0.128. The molecular formula is C24H36N2O3. The first kappa shape index (κ1) is 21.8. The summed E-state index contributed by atoms with van der Waals surface area (Å²) in [6, 6.07) is 7.85. The van der Waals surface area contributed by atoms with Crippen molar-refractivity contribution in [2.24, 2.45) is 0 Å². The smallest absolute Gasteiger partial charge is 0.254 e. The van der Waals surface area contributed by atoms with Gasteiger partial charge in [0.05, 0.1) is 11.5 Å². The molecule has 0 saturated heterocycles. The fourth-order valence-corrected chi connectivity index (χ4v) is 5.24. The zero-order valence-corrected chi connectivity index (χ0v) is 18.2. The molecule has 1 N–H and O–H groups in total. The maximum Gasteiger partial charge on any atom is 0.254 e. The summed E-state index contributed by atoms with van der Waals surface area (Å²) in [5.41, 5.74) is 1.18. The molecule has 1 heterocycles. The van der Waals surface area contributed by atoms with Crippen LogP contribution in [0.2, 0.25) is 0 Å². The largest absolute Gasteiger partial charge is 0.382 e. The van der Waals surface area contributed by atoms with Crippen LogP contribution in [0.3, 0.4) is 0 Å². The zero-order valence-electron chi connectivity index (χ0n) is 18.2. The highest BCUT2D eigenvalue weighted by molar-refractivity contribution is 6.02. The second-order valence-corrected chi connectivity index (χ2v) is 8.46. The van der Waals surface area contributed by atoms with Crippen molar-refractivity contribution in [2.75, 3.05) is 19.8 Å². The van der Waals surface area contributed by atoms with Gasteiger partial charge in [0.15, 0.2) is 0 Å². The van der Waals surface area contributed by atoms with Crippen molar-refractivity contribution in [1.82, 2.24) is 10.2 Å². The molecule has 1 spiro atoms. The van der Waals surface area contributed by atoms with Crippen LogP contribution < -0.4 is 5.32 Å². The normalized spacial score (nSPS) is 21.7. The Morgan fingerprint density at radius 3 is 2.66 bits per heavy atom. The number of nitrogens with one attached hydrogen (secondary N) is 1. The fourth-order valence-electron chi connectivity index (χ4n) is 5.24. The van der Waals surface area contributed by atoms with Crippen molar-refractivity contribution >= 4 is 11.8 Å². The van der Waals surface area contributed by atoms with Gasteiger partial charge >= 0.3 is 0 Å².